The first-order valence-corrected chi connectivity index (χ1v) is 9.30. The maximum atomic E-state index is 13.7. The molecule has 0 radical (unpaired) electrons. The van der Waals surface area contributed by atoms with E-state index in [1.807, 2.05) is 0 Å². The van der Waals surface area contributed by atoms with Gasteiger partial charge in [-0.05, 0) is 23.9 Å². The van der Waals surface area contributed by atoms with Crippen LogP contribution >= 0.6 is 11.8 Å². The number of hydrazone groups is 1. The van der Waals surface area contributed by atoms with Gasteiger partial charge in [-0.3, -0.25) is 24.1 Å². The van der Waals surface area contributed by atoms with Gasteiger partial charge < -0.3 is 5.32 Å². The van der Waals surface area contributed by atoms with E-state index in [0.717, 1.165) is 21.7 Å². The van der Waals surface area contributed by atoms with Crippen LogP contribution in [-0.2, 0) is 14.4 Å². The Kier molecular flexibility index (Phi) is 5.88. The van der Waals surface area contributed by atoms with Crippen LogP contribution in [0.4, 0.5) is 9.18 Å². The molecule has 0 spiro atoms. The van der Waals surface area contributed by atoms with Gasteiger partial charge in [-0.15, -0.1) is 0 Å². The molecule has 0 saturated carbocycles. The van der Waals surface area contributed by atoms with Gasteiger partial charge in [0.1, 0.15) is 11.5 Å². The number of carbonyl (C=O) groups is 4. The first-order valence-electron chi connectivity index (χ1n) is 8.49. The zero-order valence-electron chi connectivity index (χ0n) is 15.0. The largest absolute Gasteiger partial charge is 0.349 e. The van der Waals surface area contributed by atoms with Crippen LogP contribution in [0.2, 0.25) is 0 Å². The summed E-state index contributed by atoms with van der Waals surface area (Å²) >= 11 is 0.724. The van der Waals surface area contributed by atoms with Crippen LogP contribution in [0, 0.1) is 5.82 Å². The predicted molar refractivity (Wildman–Crippen MR) is 102 cm³/mol. The first kappa shape index (κ1) is 19.7. The second kappa shape index (κ2) is 8.34. The van der Waals surface area contributed by atoms with Crippen molar-refractivity contribution in [1.82, 2.24) is 15.2 Å². The van der Waals surface area contributed by atoms with Gasteiger partial charge in [0.2, 0.25) is 5.91 Å². The number of amides is 4. The molecule has 4 amide bonds. The number of halogens is 1. The highest BCUT2D eigenvalue weighted by molar-refractivity contribution is 8.18. The van der Waals surface area contributed by atoms with Gasteiger partial charge in [0.05, 0.1) is 4.91 Å². The molecule has 1 aromatic rings. The van der Waals surface area contributed by atoms with Crippen molar-refractivity contribution in [1.29, 1.82) is 0 Å². The number of nitrogens with one attached hydrogen (secondary N) is 1. The third-order valence-electron chi connectivity index (χ3n) is 4.16. The Balaban J connectivity index is 1.58. The third-order valence-corrected chi connectivity index (χ3v) is 5.06. The predicted octanol–water partition coefficient (Wildman–Crippen LogP) is 1.59. The summed E-state index contributed by atoms with van der Waals surface area (Å²) in [6.07, 6.45) is 1.77. The summed E-state index contributed by atoms with van der Waals surface area (Å²) in [6, 6.07) is 5.94. The maximum Gasteiger partial charge on any atom is 0.293 e. The van der Waals surface area contributed by atoms with Crippen LogP contribution in [-0.4, -0.2) is 58.7 Å². The highest BCUT2D eigenvalue weighted by Gasteiger charge is 2.35. The summed E-state index contributed by atoms with van der Waals surface area (Å²) in [4.78, 5) is 49.1. The monoisotopic (exact) mass is 404 g/mol. The second-order valence-electron chi connectivity index (χ2n) is 6.07. The molecule has 0 aromatic heterocycles. The zero-order chi connectivity index (χ0) is 20.3. The second-order valence-corrected chi connectivity index (χ2v) is 7.07. The molecule has 146 valence electrons. The van der Waals surface area contributed by atoms with E-state index in [1.54, 1.807) is 6.07 Å². The number of thioether (sulfide) groups is 1. The summed E-state index contributed by atoms with van der Waals surface area (Å²) in [7, 11) is 1.47. The molecule has 1 saturated heterocycles. The van der Waals surface area contributed by atoms with Crippen molar-refractivity contribution in [2.75, 3.05) is 20.1 Å². The van der Waals surface area contributed by atoms with Crippen molar-refractivity contribution in [2.45, 2.75) is 12.8 Å². The fourth-order valence-electron chi connectivity index (χ4n) is 2.64. The summed E-state index contributed by atoms with van der Waals surface area (Å²) in [6.45, 7) is 0.0214. The van der Waals surface area contributed by atoms with Gasteiger partial charge in [0.15, 0.2) is 0 Å². The molecule has 0 unspecified atom stereocenters. The van der Waals surface area contributed by atoms with Crippen LogP contribution in [0.5, 0.6) is 0 Å². The van der Waals surface area contributed by atoms with E-state index in [2.05, 4.69) is 10.4 Å². The Labute approximate surface area is 164 Å². The van der Waals surface area contributed by atoms with Crippen molar-refractivity contribution >= 4 is 46.5 Å². The fourth-order valence-corrected chi connectivity index (χ4v) is 3.50. The van der Waals surface area contributed by atoms with Crippen LogP contribution in [0.3, 0.4) is 0 Å². The highest BCUT2D eigenvalue weighted by atomic mass is 32.2. The minimum Gasteiger partial charge on any atom is -0.349 e. The average molecular weight is 404 g/mol. The first-order chi connectivity index (χ1) is 13.4. The van der Waals surface area contributed by atoms with Crippen LogP contribution < -0.4 is 5.32 Å². The molecule has 0 bridgehead atoms. The van der Waals surface area contributed by atoms with E-state index in [1.165, 1.54) is 31.3 Å². The lowest BCUT2D eigenvalue weighted by molar-refractivity contribution is -0.130. The number of benzene rings is 1. The average Bonchev–Trinajstić information content (AvgIpc) is 2.93. The van der Waals surface area contributed by atoms with Gasteiger partial charge >= 0.3 is 0 Å². The van der Waals surface area contributed by atoms with Gasteiger partial charge in [-0.1, -0.05) is 18.2 Å². The fraction of sp³-hybridized carbons (Fsp3) is 0.278. The van der Waals surface area contributed by atoms with E-state index in [-0.39, 0.29) is 48.0 Å². The smallest absolute Gasteiger partial charge is 0.293 e. The van der Waals surface area contributed by atoms with Crippen LogP contribution in [0.25, 0.3) is 6.08 Å². The maximum absolute atomic E-state index is 13.7. The van der Waals surface area contributed by atoms with Crippen LogP contribution in [0.1, 0.15) is 18.4 Å². The van der Waals surface area contributed by atoms with Crippen molar-refractivity contribution in [3.05, 3.63) is 40.6 Å². The lowest BCUT2D eigenvalue weighted by Crippen LogP contribution is -2.41. The van der Waals surface area contributed by atoms with E-state index in [4.69, 9.17) is 0 Å². The molecule has 2 aliphatic rings. The van der Waals surface area contributed by atoms with E-state index < -0.39 is 22.9 Å². The molecule has 1 fully saturated rings. The number of nitrogens with zero attached hydrogens (tertiary/aromatic N) is 3. The van der Waals surface area contributed by atoms with E-state index >= 15 is 0 Å². The zero-order valence-corrected chi connectivity index (χ0v) is 15.8. The van der Waals surface area contributed by atoms with Crippen molar-refractivity contribution < 1.29 is 23.6 Å². The standard InChI is InChI=1S/C18H17FN4O4S/c1-22-15(24)7-6-13(21-22)16(25)20-8-9-23-17(26)14(28-18(23)27)10-11-4-2-3-5-12(11)19/h2-5,10H,6-9H2,1H3,(H,20,25)/b14-10-. The highest BCUT2D eigenvalue weighted by Crippen LogP contribution is 2.32. The molecular formula is C18H17FN4O4S. The van der Waals surface area contributed by atoms with Crippen molar-refractivity contribution in [3.63, 3.8) is 0 Å². The van der Waals surface area contributed by atoms with Crippen molar-refractivity contribution in [3.8, 4) is 0 Å². The lowest BCUT2D eigenvalue weighted by Gasteiger charge is -2.19. The Morgan fingerprint density at radius 3 is 2.75 bits per heavy atom. The van der Waals surface area contributed by atoms with Gasteiger partial charge in [-0.2, -0.15) is 5.10 Å². The number of hydrogen-bond donors (Lipinski definition) is 1. The summed E-state index contributed by atoms with van der Waals surface area (Å²) in [5, 5.41) is 7.12. The number of hydrogen-bond acceptors (Lipinski definition) is 6. The van der Waals surface area contributed by atoms with E-state index in [0.29, 0.717) is 0 Å². The molecule has 10 heteroatoms. The number of carbonyl (C=O) groups excluding carboxylic acids is 4. The van der Waals surface area contributed by atoms with Gasteiger partial charge in [-0.25, -0.2) is 9.40 Å². The summed E-state index contributed by atoms with van der Waals surface area (Å²) in [5.41, 5.74) is 0.436. The molecule has 2 heterocycles. The summed E-state index contributed by atoms with van der Waals surface area (Å²) < 4.78 is 13.7. The minimum atomic E-state index is -0.534. The van der Waals surface area contributed by atoms with E-state index in [9.17, 15) is 23.6 Å². The SMILES string of the molecule is CN1N=C(C(=O)NCCN2C(=O)S/C(=C\c3ccccc3F)C2=O)CCC1=O. The Morgan fingerprint density at radius 2 is 2.04 bits per heavy atom. The topological polar surface area (TPSA) is 99.2 Å². The molecule has 3 rings (SSSR count). The molecule has 1 N–H and O–H groups in total. The Hall–Kier alpha value is -3.01. The molecule has 2 aliphatic heterocycles. The molecule has 0 atom stereocenters. The molecular weight excluding hydrogens is 387 g/mol. The Bertz CT molecular complexity index is 915. The normalized spacial score (nSPS) is 18.7. The molecule has 28 heavy (non-hydrogen) atoms. The molecule has 0 aliphatic carbocycles. The number of imide groups is 1. The lowest BCUT2D eigenvalue weighted by atomic mass is 10.1. The quantitative estimate of drug-likeness (QED) is 0.752. The molecule has 8 nitrogen and oxygen atoms in total. The molecule has 1 aromatic carbocycles. The van der Waals surface area contributed by atoms with Crippen LogP contribution in [0.15, 0.2) is 34.3 Å². The van der Waals surface area contributed by atoms with Crippen molar-refractivity contribution in [2.24, 2.45) is 5.10 Å². The van der Waals surface area contributed by atoms with Gasteiger partial charge in [0, 0.05) is 38.5 Å². The third kappa shape index (κ3) is 4.28. The summed E-state index contributed by atoms with van der Waals surface area (Å²) in [5.74, 6) is -1.64. The number of rotatable bonds is 5. The minimum absolute atomic E-state index is 0.0208. The van der Waals surface area contributed by atoms with Gasteiger partial charge in [0.25, 0.3) is 17.1 Å². The Morgan fingerprint density at radius 1 is 1.29 bits per heavy atom.